The second kappa shape index (κ2) is 10.1. The highest BCUT2D eigenvalue weighted by Crippen LogP contribution is 2.29. The number of benzene rings is 1. The normalized spacial score (nSPS) is 20.0. The lowest BCUT2D eigenvalue weighted by Crippen LogP contribution is -2.59. The number of hydrogen-bond donors (Lipinski definition) is 0. The van der Waals surface area contributed by atoms with Crippen molar-refractivity contribution in [2.45, 2.75) is 43.7 Å². The summed E-state index contributed by atoms with van der Waals surface area (Å²) in [7, 11) is 0. The van der Waals surface area contributed by atoms with Crippen LogP contribution in [0.4, 0.5) is 14.6 Å². The van der Waals surface area contributed by atoms with E-state index >= 15 is 0 Å². The minimum Gasteiger partial charge on any atom is -0.611 e. The Bertz CT molecular complexity index is 1050. The van der Waals surface area contributed by atoms with Crippen molar-refractivity contribution in [1.29, 1.82) is 0 Å². The van der Waals surface area contributed by atoms with Crippen molar-refractivity contribution in [2.75, 3.05) is 23.7 Å². The Morgan fingerprint density at radius 2 is 1.88 bits per heavy atom. The Labute approximate surface area is 204 Å². The van der Waals surface area contributed by atoms with Crippen LogP contribution in [0.1, 0.15) is 31.1 Å². The lowest BCUT2D eigenvalue weighted by molar-refractivity contribution is -0.137. The van der Waals surface area contributed by atoms with Gasteiger partial charge in [-0.15, -0.1) is 0 Å². The number of rotatable bonds is 6. The topological polar surface area (TPSA) is 76.6 Å². The highest BCUT2D eigenvalue weighted by molar-refractivity contribution is 7.92. The molecule has 1 aromatic carbocycles. The third kappa shape index (κ3) is 5.77. The van der Waals surface area contributed by atoms with E-state index < -0.39 is 28.6 Å². The molecule has 0 saturated carbocycles. The van der Waals surface area contributed by atoms with Crippen LogP contribution < -0.4 is 4.90 Å². The highest BCUT2D eigenvalue weighted by Gasteiger charge is 2.37. The minimum atomic E-state index is -3.58. The maximum atomic E-state index is 13.2. The van der Waals surface area contributed by atoms with Crippen molar-refractivity contribution >= 4 is 51.9 Å². The lowest BCUT2D eigenvalue weighted by Gasteiger charge is -2.45. The van der Waals surface area contributed by atoms with E-state index in [4.69, 9.17) is 23.2 Å². The molecular formula is C22H23Cl2F2N3O3S. The zero-order valence-corrected chi connectivity index (χ0v) is 20.6. The van der Waals surface area contributed by atoms with E-state index in [1.54, 1.807) is 23.2 Å². The number of pyridine rings is 1. The number of amides is 1. The second-order valence-electron chi connectivity index (χ2n) is 7.95. The van der Waals surface area contributed by atoms with Gasteiger partial charge in [-0.2, -0.15) is 8.78 Å². The van der Waals surface area contributed by atoms with Crippen LogP contribution in [-0.4, -0.2) is 63.0 Å². The Morgan fingerprint density at radius 3 is 2.48 bits per heavy atom. The summed E-state index contributed by atoms with van der Waals surface area (Å²) < 4.78 is 38.6. The molecule has 6 nitrogen and oxygen atoms in total. The smallest absolute Gasteiger partial charge is 0.307 e. The fourth-order valence-corrected chi connectivity index (χ4v) is 5.35. The molecule has 2 aromatic rings. The fraction of sp³-hybridized carbons (Fsp3) is 0.409. The van der Waals surface area contributed by atoms with Gasteiger partial charge in [0.2, 0.25) is 0 Å². The number of ketones is 1. The van der Waals surface area contributed by atoms with Gasteiger partial charge in [0, 0.05) is 48.9 Å². The van der Waals surface area contributed by atoms with Gasteiger partial charge in [-0.05, 0) is 55.4 Å². The Kier molecular flexibility index (Phi) is 7.88. The van der Waals surface area contributed by atoms with Gasteiger partial charge in [-0.1, -0.05) is 23.2 Å². The fourth-order valence-electron chi connectivity index (χ4n) is 3.61. The van der Waals surface area contributed by atoms with E-state index in [-0.39, 0.29) is 33.5 Å². The standard InChI is InChI=1S/C22H23Cl2F2N3O3S/c1-13-14(2)29(9-8-28(13)20-11-16(23)6-7-27-20)21(31)15-4-5-18(17(24)10-15)33(32)12-19(30)22(3,25)26/h4-7,10-11,13-14H,8-9,12H2,1-3H3/t13-,14-,33?/m0/s1. The number of nitrogens with zero attached hydrogens (tertiary/aromatic N) is 3. The van der Waals surface area contributed by atoms with Crippen LogP contribution in [0.25, 0.3) is 0 Å². The monoisotopic (exact) mass is 517 g/mol. The van der Waals surface area contributed by atoms with E-state index in [0.29, 0.717) is 25.0 Å². The molecule has 33 heavy (non-hydrogen) atoms. The summed E-state index contributed by atoms with van der Waals surface area (Å²) in [6, 6.07) is 7.41. The van der Waals surface area contributed by atoms with Gasteiger partial charge in [-0.3, -0.25) is 9.59 Å². The first kappa shape index (κ1) is 25.7. The van der Waals surface area contributed by atoms with E-state index in [0.717, 1.165) is 5.82 Å². The van der Waals surface area contributed by atoms with Crippen molar-refractivity contribution in [3.63, 3.8) is 0 Å². The number of hydrogen-bond acceptors (Lipinski definition) is 5. The molecule has 3 rings (SSSR count). The van der Waals surface area contributed by atoms with Crippen LogP contribution in [0.5, 0.6) is 0 Å². The van der Waals surface area contributed by atoms with Crippen LogP contribution in [0.15, 0.2) is 41.4 Å². The summed E-state index contributed by atoms with van der Waals surface area (Å²) in [5.74, 6) is -5.40. The van der Waals surface area contributed by atoms with Gasteiger partial charge in [-0.25, -0.2) is 4.98 Å². The summed E-state index contributed by atoms with van der Waals surface area (Å²) in [5.41, 5.74) is 0.279. The molecule has 1 aromatic heterocycles. The number of alkyl halides is 2. The summed E-state index contributed by atoms with van der Waals surface area (Å²) >= 11 is 10.2. The molecule has 178 valence electrons. The molecule has 1 fully saturated rings. The molecule has 0 aliphatic carbocycles. The highest BCUT2D eigenvalue weighted by atomic mass is 35.5. The van der Waals surface area contributed by atoms with Crippen LogP contribution >= 0.6 is 23.2 Å². The maximum Gasteiger partial charge on any atom is 0.307 e. The average molecular weight is 518 g/mol. The Morgan fingerprint density at radius 1 is 1.18 bits per heavy atom. The summed E-state index contributed by atoms with van der Waals surface area (Å²) in [5, 5.41) is 0.559. The summed E-state index contributed by atoms with van der Waals surface area (Å²) in [6.45, 7) is 5.37. The van der Waals surface area contributed by atoms with Gasteiger partial charge in [0.05, 0.1) is 5.02 Å². The lowest BCUT2D eigenvalue weighted by atomic mass is 10.0. The maximum absolute atomic E-state index is 13.2. The zero-order chi connectivity index (χ0) is 24.5. The molecule has 0 N–H and O–H groups in total. The van der Waals surface area contributed by atoms with Gasteiger partial charge in [0.1, 0.15) is 5.82 Å². The molecule has 1 saturated heterocycles. The first-order chi connectivity index (χ1) is 15.4. The van der Waals surface area contributed by atoms with Gasteiger partial charge in [0.25, 0.3) is 11.7 Å². The first-order valence-electron chi connectivity index (χ1n) is 10.2. The molecule has 11 heteroatoms. The van der Waals surface area contributed by atoms with Crippen molar-refractivity contribution in [2.24, 2.45) is 0 Å². The van der Waals surface area contributed by atoms with Crippen molar-refractivity contribution < 1.29 is 22.9 Å². The van der Waals surface area contributed by atoms with Gasteiger partial charge >= 0.3 is 5.92 Å². The molecule has 0 radical (unpaired) electrons. The molecule has 0 spiro atoms. The number of Topliss-reactive ketones (excluding diaryl/α,β-unsaturated/α-hetero) is 1. The third-order valence-corrected chi connectivity index (χ3v) is 7.73. The molecular weight excluding hydrogens is 495 g/mol. The number of carbonyl (C=O) groups excluding carboxylic acids is 2. The van der Waals surface area contributed by atoms with Gasteiger partial charge < -0.3 is 14.4 Å². The van der Waals surface area contributed by atoms with Crippen LogP contribution in [0.2, 0.25) is 10.0 Å². The van der Waals surface area contributed by atoms with Gasteiger partial charge in [0.15, 0.2) is 10.6 Å². The third-order valence-electron chi connectivity index (χ3n) is 5.70. The van der Waals surface area contributed by atoms with E-state index in [2.05, 4.69) is 9.88 Å². The molecule has 3 atom stereocenters. The average Bonchev–Trinajstić information content (AvgIpc) is 2.74. The molecule has 1 unspecified atom stereocenters. The summed E-state index contributed by atoms with van der Waals surface area (Å²) in [6.07, 6.45) is 1.63. The molecule has 0 bridgehead atoms. The number of halogens is 4. The predicted molar refractivity (Wildman–Crippen MR) is 125 cm³/mol. The minimum absolute atomic E-state index is 0.0196. The van der Waals surface area contributed by atoms with Crippen molar-refractivity contribution in [1.82, 2.24) is 9.88 Å². The second-order valence-corrected chi connectivity index (χ2v) is 10.2. The zero-order valence-electron chi connectivity index (χ0n) is 18.2. The number of piperazine rings is 1. The Hall–Kier alpha value is -1.94. The van der Waals surface area contributed by atoms with E-state index in [1.807, 2.05) is 13.8 Å². The van der Waals surface area contributed by atoms with Crippen LogP contribution in [-0.2, 0) is 16.0 Å². The van der Waals surface area contributed by atoms with Crippen LogP contribution in [0.3, 0.4) is 0 Å². The number of carbonyl (C=O) groups is 2. The van der Waals surface area contributed by atoms with Crippen molar-refractivity contribution in [3.05, 3.63) is 52.1 Å². The van der Waals surface area contributed by atoms with Crippen LogP contribution in [0, 0.1) is 0 Å². The Balaban J connectivity index is 1.73. The first-order valence-corrected chi connectivity index (χ1v) is 12.3. The SMILES string of the molecule is C[C@H]1[C@H](C)N(c2cc(Cl)ccn2)CCN1C(=O)c1ccc([S+]([O-])CC(=O)C(C)(F)F)c(Cl)c1. The number of anilines is 1. The largest absolute Gasteiger partial charge is 0.611 e. The molecule has 1 aliphatic heterocycles. The summed E-state index contributed by atoms with van der Waals surface area (Å²) in [4.78, 5) is 32.9. The van der Waals surface area contributed by atoms with E-state index in [9.17, 15) is 22.9 Å². The molecule has 2 heterocycles. The van der Waals surface area contributed by atoms with E-state index in [1.165, 1.54) is 18.2 Å². The number of aromatic nitrogens is 1. The van der Waals surface area contributed by atoms with Crippen molar-refractivity contribution in [3.8, 4) is 0 Å². The molecule has 1 aliphatic rings. The molecule has 1 amide bonds. The predicted octanol–water partition coefficient (Wildman–Crippen LogP) is 4.46. The quantitative estimate of drug-likeness (QED) is 0.528.